The van der Waals surface area contributed by atoms with Gasteiger partial charge in [0, 0.05) is 12.7 Å². The van der Waals surface area contributed by atoms with Crippen LogP contribution in [0.3, 0.4) is 0 Å². The molecule has 2 aromatic carbocycles. The van der Waals surface area contributed by atoms with Gasteiger partial charge in [-0.1, -0.05) is 54.2 Å². The zero-order valence-corrected chi connectivity index (χ0v) is 16.7. The first kappa shape index (κ1) is 18.5. The van der Waals surface area contributed by atoms with Gasteiger partial charge in [-0.15, -0.1) is 11.3 Å². The number of thiophene rings is 1. The summed E-state index contributed by atoms with van der Waals surface area (Å²) < 4.78 is 1.49. The molecule has 28 heavy (non-hydrogen) atoms. The molecule has 0 spiro atoms. The molecule has 0 bridgehead atoms. The quantitative estimate of drug-likeness (QED) is 0.394. The Morgan fingerprint density at radius 3 is 2.54 bits per heavy atom. The highest BCUT2D eigenvalue weighted by Gasteiger charge is 2.12. The molecule has 0 saturated carbocycles. The molecule has 0 unspecified atom stereocenters. The van der Waals surface area contributed by atoms with E-state index in [1.807, 2.05) is 60.0 Å². The van der Waals surface area contributed by atoms with Crippen molar-refractivity contribution < 1.29 is 4.79 Å². The average molecular weight is 408 g/mol. The SMILES string of the molecule is Cn1c(SCC(=O)Nc2ccc(-c3ccccc3)cc2)nc2sccc2c1=O. The van der Waals surface area contributed by atoms with Crippen LogP contribution in [0.15, 0.2) is 76.0 Å². The minimum atomic E-state index is -0.141. The van der Waals surface area contributed by atoms with Gasteiger partial charge in [-0.3, -0.25) is 14.2 Å². The second-order valence-corrected chi connectivity index (χ2v) is 8.02. The smallest absolute Gasteiger partial charge is 0.262 e. The van der Waals surface area contributed by atoms with Crippen LogP contribution in [-0.4, -0.2) is 21.2 Å². The molecule has 0 fully saturated rings. The highest BCUT2D eigenvalue weighted by molar-refractivity contribution is 7.99. The largest absolute Gasteiger partial charge is 0.325 e. The zero-order chi connectivity index (χ0) is 19.5. The summed E-state index contributed by atoms with van der Waals surface area (Å²) in [5.41, 5.74) is 2.87. The number of hydrogen-bond donors (Lipinski definition) is 1. The number of anilines is 1. The van der Waals surface area contributed by atoms with E-state index in [-0.39, 0.29) is 17.2 Å². The lowest BCUT2D eigenvalue weighted by molar-refractivity contribution is -0.113. The van der Waals surface area contributed by atoms with E-state index >= 15 is 0 Å². The summed E-state index contributed by atoms with van der Waals surface area (Å²) >= 11 is 2.68. The Kier molecular flexibility index (Phi) is 5.27. The normalized spacial score (nSPS) is 10.9. The predicted octanol–water partition coefficient (Wildman–Crippen LogP) is 4.39. The number of carbonyl (C=O) groups is 1. The van der Waals surface area contributed by atoms with Gasteiger partial charge in [0.2, 0.25) is 5.91 Å². The lowest BCUT2D eigenvalue weighted by Gasteiger charge is -2.08. The fourth-order valence-corrected chi connectivity index (χ4v) is 4.39. The molecule has 4 rings (SSSR count). The van der Waals surface area contributed by atoms with Crippen LogP contribution >= 0.6 is 23.1 Å². The van der Waals surface area contributed by atoms with E-state index in [1.165, 1.54) is 27.7 Å². The lowest BCUT2D eigenvalue weighted by atomic mass is 10.1. The first-order valence-corrected chi connectivity index (χ1v) is 10.5. The van der Waals surface area contributed by atoms with Crippen molar-refractivity contribution in [2.75, 3.05) is 11.1 Å². The van der Waals surface area contributed by atoms with Gasteiger partial charge < -0.3 is 5.32 Å². The number of hydrogen-bond acceptors (Lipinski definition) is 5. The van der Waals surface area contributed by atoms with Crippen LogP contribution in [-0.2, 0) is 11.8 Å². The zero-order valence-electron chi connectivity index (χ0n) is 15.1. The summed E-state index contributed by atoms with van der Waals surface area (Å²) in [6.07, 6.45) is 0. The molecule has 2 heterocycles. The first-order valence-electron chi connectivity index (χ1n) is 8.64. The maximum Gasteiger partial charge on any atom is 0.262 e. The molecule has 0 aliphatic rings. The summed E-state index contributed by atoms with van der Waals surface area (Å²) in [6.45, 7) is 0. The highest BCUT2D eigenvalue weighted by atomic mass is 32.2. The van der Waals surface area contributed by atoms with E-state index in [2.05, 4.69) is 10.3 Å². The molecule has 1 N–H and O–H groups in total. The molecule has 0 aliphatic carbocycles. The lowest BCUT2D eigenvalue weighted by Crippen LogP contribution is -2.20. The number of benzene rings is 2. The molecule has 1 amide bonds. The van der Waals surface area contributed by atoms with Crippen molar-refractivity contribution in [3.63, 3.8) is 0 Å². The van der Waals surface area contributed by atoms with Gasteiger partial charge in [0.05, 0.1) is 11.1 Å². The van der Waals surface area contributed by atoms with Crippen LogP contribution in [0.4, 0.5) is 5.69 Å². The van der Waals surface area contributed by atoms with E-state index in [1.54, 1.807) is 13.1 Å². The number of aromatic nitrogens is 2. The van der Waals surface area contributed by atoms with Crippen LogP contribution in [0.25, 0.3) is 21.3 Å². The second-order valence-electron chi connectivity index (χ2n) is 6.18. The molecule has 0 aliphatic heterocycles. The summed E-state index contributed by atoms with van der Waals surface area (Å²) in [7, 11) is 1.68. The monoisotopic (exact) mass is 407 g/mol. The van der Waals surface area contributed by atoms with E-state index in [0.29, 0.717) is 15.4 Å². The number of thioether (sulfide) groups is 1. The van der Waals surface area contributed by atoms with Crippen LogP contribution < -0.4 is 10.9 Å². The maximum absolute atomic E-state index is 12.3. The molecular weight excluding hydrogens is 390 g/mol. The average Bonchev–Trinajstić information content (AvgIpc) is 3.19. The van der Waals surface area contributed by atoms with E-state index in [0.717, 1.165) is 16.8 Å². The molecule has 2 aromatic heterocycles. The molecule has 0 saturated heterocycles. The molecule has 7 heteroatoms. The van der Waals surface area contributed by atoms with Gasteiger partial charge in [0.15, 0.2) is 5.16 Å². The number of carbonyl (C=O) groups excluding carboxylic acids is 1. The Balaban J connectivity index is 1.41. The third kappa shape index (κ3) is 3.85. The number of amides is 1. The summed E-state index contributed by atoms with van der Waals surface area (Å²) in [5, 5.41) is 5.88. The molecule has 140 valence electrons. The van der Waals surface area contributed by atoms with Gasteiger partial charge in [-0.25, -0.2) is 4.98 Å². The minimum Gasteiger partial charge on any atom is -0.325 e. The Morgan fingerprint density at radius 1 is 1.07 bits per heavy atom. The molecule has 5 nitrogen and oxygen atoms in total. The topological polar surface area (TPSA) is 64.0 Å². The molecular formula is C21H17N3O2S2. The summed E-state index contributed by atoms with van der Waals surface area (Å²) in [5.74, 6) is 0.0374. The third-order valence-electron chi connectivity index (χ3n) is 4.27. The Morgan fingerprint density at radius 2 is 1.79 bits per heavy atom. The number of nitrogens with one attached hydrogen (secondary N) is 1. The van der Waals surface area contributed by atoms with Crippen molar-refractivity contribution in [3.8, 4) is 11.1 Å². The fourth-order valence-electron chi connectivity index (χ4n) is 2.81. The van der Waals surface area contributed by atoms with Gasteiger partial charge >= 0.3 is 0 Å². The van der Waals surface area contributed by atoms with Crippen LogP contribution in [0.5, 0.6) is 0 Å². The molecule has 0 radical (unpaired) electrons. The van der Waals surface area contributed by atoms with Crippen LogP contribution in [0.2, 0.25) is 0 Å². The molecule has 0 atom stereocenters. The van der Waals surface area contributed by atoms with Gasteiger partial charge in [0.25, 0.3) is 5.56 Å². The van der Waals surface area contributed by atoms with Crippen molar-refractivity contribution >= 4 is 44.9 Å². The number of fused-ring (bicyclic) bond motifs is 1. The second kappa shape index (κ2) is 8.00. The third-order valence-corrected chi connectivity index (χ3v) is 6.11. The van der Waals surface area contributed by atoms with Crippen molar-refractivity contribution in [1.82, 2.24) is 9.55 Å². The number of nitrogens with zero attached hydrogens (tertiary/aromatic N) is 2. The van der Waals surface area contributed by atoms with E-state index < -0.39 is 0 Å². The maximum atomic E-state index is 12.3. The van der Waals surface area contributed by atoms with Crippen molar-refractivity contribution in [1.29, 1.82) is 0 Å². The van der Waals surface area contributed by atoms with Crippen molar-refractivity contribution in [2.45, 2.75) is 5.16 Å². The number of rotatable bonds is 5. The first-order chi connectivity index (χ1) is 13.6. The minimum absolute atomic E-state index is 0.0920. The van der Waals surface area contributed by atoms with Crippen LogP contribution in [0, 0.1) is 0 Å². The summed E-state index contributed by atoms with van der Waals surface area (Å²) in [6, 6.07) is 19.6. The van der Waals surface area contributed by atoms with Gasteiger partial charge in [-0.2, -0.15) is 0 Å². The van der Waals surface area contributed by atoms with Gasteiger partial charge in [-0.05, 0) is 34.7 Å². The summed E-state index contributed by atoms with van der Waals surface area (Å²) in [4.78, 5) is 29.8. The van der Waals surface area contributed by atoms with E-state index in [9.17, 15) is 9.59 Å². The highest BCUT2D eigenvalue weighted by Crippen LogP contribution is 2.22. The molecule has 4 aromatic rings. The Hall–Kier alpha value is -2.90. The van der Waals surface area contributed by atoms with Crippen molar-refractivity contribution in [2.24, 2.45) is 7.05 Å². The Bertz CT molecular complexity index is 1180. The fraction of sp³-hybridized carbons (Fsp3) is 0.0952. The van der Waals surface area contributed by atoms with Gasteiger partial charge in [0.1, 0.15) is 4.83 Å². The predicted molar refractivity (Wildman–Crippen MR) is 116 cm³/mol. The van der Waals surface area contributed by atoms with E-state index in [4.69, 9.17) is 0 Å². The Labute approximate surface area is 170 Å². The van der Waals surface area contributed by atoms with Crippen LogP contribution in [0.1, 0.15) is 0 Å². The van der Waals surface area contributed by atoms with Crippen molar-refractivity contribution in [3.05, 3.63) is 76.4 Å². The standard InChI is InChI=1S/C21H17N3O2S2/c1-24-20(26)17-11-12-27-19(17)23-21(24)28-13-18(25)22-16-9-7-15(8-10-16)14-5-3-2-4-6-14/h2-12H,13H2,1H3,(H,22,25).